The largest absolute Gasteiger partial charge is 0.291 e. The molecule has 0 fully saturated rings. The second-order valence-electron chi connectivity index (χ2n) is 10.6. The lowest BCUT2D eigenvalue weighted by Gasteiger charge is -2.08. The molecule has 4 heterocycles. The molecule has 0 spiro atoms. The predicted molar refractivity (Wildman–Crippen MR) is 170 cm³/mol. The molecule has 4 aromatic heterocycles. The lowest BCUT2D eigenvalue weighted by atomic mass is 9.96. The van der Waals surface area contributed by atoms with Crippen LogP contribution in [0.1, 0.15) is 0 Å². The molecular formula is C36H19N3S. The summed E-state index contributed by atoms with van der Waals surface area (Å²) in [5, 5.41) is 8.83. The lowest BCUT2D eigenvalue weighted by Crippen LogP contribution is -1.89. The highest BCUT2D eigenvalue weighted by atomic mass is 32.1. The standard InChI is InChI=1S/C36H19N3S/c1-2-10-22-20(8-1)9-7-12-23(22)21-16-17-29-25(18-21)26-19-31-32(24-11-3-6-15-30(24)40-31)33-34-36(39(29)35(26)33)38-28-14-5-4-13-27(28)37-34/h1-19H. The molecule has 184 valence electrons. The van der Waals surface area contributed by atoms with Crippen LogP contribution < -0.4 is 0 Å². The highest BCUT2D eigenvalue weighted by Gasteiger charge is 2.24. The average molecular weight is 526 g/mol. The first-order chi connectivity index (χ1) is 19.8. The Bertz CT molecular complexity index is 2650. The summed E-state index contributed by atoms with van der Waals surface area (Å²) < 4.78 is 4.95. The monoisotopic (exact) mass is 525 g/mol. The van der Waals surface area contributed by atoms with Crippen molar-refractivity contribution in [2.24, 2.45) is 0 Å². The van der Waals surface area contributed by atoms with Gasteiger partial charge in [0.05, 0.1) is 22.1 Å². The second-order valence-corrected chi connectivity index (χ2v) is 11.7. The van der Waals surface area contributed by atoms with Gasteiger partial charge >= 0.3 is 0 Å². The predicted octanol–water partition coefficient (Wildman–Crippen LogP) is 9.97. The van der Waals surface area contributed by atoms with E-state index in [1.807, 2.05) is 23.5 Å². The Labute approximate surface area is 231 Å². The van der Waals surface area contributed by atoms with Crippen molar-refractivity contribution in [1.29, 1.82) is 0 Å². The van der Waals surface area contributed by atoms with Crippen LogP contribution in [0.2, 0.25) is 0 Å². The maximum Gasteiger partial charge on any atom is 0.165 e. The van der Waals surface area contributed by atoms with E-state index in [0.29, 0.717) is 0 Å². The maximum absolute atomic E-state index is 5.23. The Morgan fingerprint density at radius 3 is 2.25 bits per heavy atom. The van der Waals surface area contributed by atoms with Gasteiger partial charge in [-0.05, 0) is 58.3 Å². The summed E-state index contributed by atoms with van der Waals surface area (Å²) >= 11 is 1.86. The lowest BCUT2D eigenvalue weighted by molar-refractivity contribution is 1.28. The first-order valence-corrected chi connectivity index (χ1v) is 14.3. The molecule has 0 unspecified atom stereocenters. The van der Waals surface area contributed by atoms with Gasteiger partial charge in [-0.1, -0.05) is 78.9 Å². The van der Waals surface area contributed by atoms with Gasteiger partial charge in [0.15, 0.2) is 5.65 Å². The smallest absolute Gasteiger partial charge is 0.165 e. The number of rotatable bonds is 1. The Morgan fingerprint density at radius 1 is 0.550 bits per heavy atom. The number of hydrogen-bond acceptors (Lipinski definition) is 3. The van der Waals surface area contributed by atoms with Gasteiger partial charge in [0.1, 0.15) is 5.52 Å². The van der Waals surface area contributed by atoms with Crippen LogP contribution in [-0.4, -0.2) is 14.4 Å². The van der Waals surface area contributed by atoms with Crippen molar-refractivity contribution >= 4 is 91.7 Å². The molecule has 10 aromatic rings. The van der Waals surface area contributed by atoms with Crippen LogP contribution in [0.3, 0.4) is 0 Å². The number of benzene rings is 6. The van der Waals surface area contributed by atoms with Gasteiger partial charge in [0.2, 0.25) is 0 Å². The van der Waals surface area contributed by atoms with Gasteiger partial charge in [-0.15, -0.1) is 11.3 Å². The van der Waals surface area contributed by atoms with Crippen LogP contribution >= 0.6 is 11.3 Å². The van der Waals surface area contributed by atoms with Gasteiger partial charge in [-0.3, -0.25) is 4.40 Å². The highest BCUT2D eigenvalue weighted by Crippen LogP contribution is 2.47. The third kappa shape index (κ3) is 2.54. The first-order valence-electron chi connectivity index (χ1n) is 13.5. The molecule has 3 nitrogen and oxygen atoms in total. The quantitative estimate of drug-likeness (QED) is 0.213. The minimum absolute atomic E-state index is 0.919. The summed E-state index contributed by atoms with van der Waals surface area (Å²) in [5.41, 5.74) is 8.63. The summed E-state index contributed by atoms with van der Waals surface area (Å²) in [4.78, 5) is 10.4. The molecule has 6 aromatic carbocycles. The zero-order valence-electron chi connectivity index (χ0n) is 21.2. The first kappa shape index (κ1) is 20.8. The van der Waals surface area contributed by atoms with E-state index < -0.39 is 0 Å². The summed E-state index contributed by atoms with van der Waals surface area (Å²) in [6.45, 7) is 0. The molecule has 0 aliphatic carbocycles. The third-order valence-electron chi connectivity index (χ3n) is 8.49. The SMILES string of the molecule is c1ccc2c(-c3ccc4c(c3)c3cc5sc6ccccc6c5c5c6nc7ccccc7nc6n4c35)cccc2c1. The minimum atomic E-state index is 0.919. The maximum atomic E-state index is 5.23. The van der Waals surface area contributed by atoms with E-state index in [9.17, 15) is 0 Å². The molecule has 0 amide bonds. The van der Waals surface area contributed by atoms with Crippen molar-refractivity contribution in [3.8, 4) is 11.1 Å². The molecule has 0 radical (unpaired) electrons. The fourth-order valence-electron chi connectivity index (χ4n) is 6.79. The summed E-state index contributed by atoms with van der Waals surface area (Å²) in [7, 11) is 0. The highest BCUT2D eigenvalue weighted by molar-refractivity contribution is 7.26. The van der Waals surface area contributed by atoms with Gasteiger partial charge < -0.3 is 0 Å². The van der Waals surface area contributed by atoms with Gasteiger partial charge in [0, 0.05) is 36.3 Å². The molecule has 0 aliphatic rings. The van der Waals surface area contributed by atoms with E-state index in [1.165, 1.54) is 69.3 Å². The molecule has 0 saturated carbocycles. The molecule has 10 rings (SSSR count). The second kappa shape index (κ2) is 7.32. The van der Waals surface area contributed by atoms with Crippen LogP contribution in [0.25, 0.3) is 91.5 Å². The van der Waals surface area contributed by atoms with E-state index in [4.69, 9.17) is 9.97 Å². The van der Waals surface area contributed by atoms with Crippen molar-refractivity contribution in [2.45, 2.75) is 0 Å². The zero-order chi connectivity index (χ0) is 25.9. The molecule has 0 saturated heterocycles. The molecule has 0 bridgehead atoms. The Morgan fingerprint density at radius 2 is 1.32 bits per heavy atom. The topological polar surface area (TPSA) is 30.2 Å². The van der Waals surface area contributed by atoms with E-state index in [2.05, 4.69) is 108 Å². The van der Waals surface area contributed by atoms with E-state index in [-0.39, 0.29) is 0 Å². The van der Waals surface area contributed by atoms with Crippen LogP contribution in [0.15, 0.2) is 115 Å². The molecule has 0 aliphatic heterocycles. The van der Waals surface area contributed by atoms with Crippen molar-refractivity contribution in [1.82, 2.24) is 14.4 Å². The molecule has 0 atom stereocenters. The Balaban J connectivity index is 1.43. The van der Waals surface area contributed by atoms with Crippen molar-refractivity contribution in [2.75, 3.05) is 0 Å². The number of nitrogens with zero attached hydrogens (tertiary/aromatic N) is 3. The minimum Gasteiger partial charge on any atom is -0.291 e. The van der Waals surface area contributed by atoms with Gasteiger partial charge in [0.25, 0.3) is 0 Å². The molecule has 4 heteroatoms. The zero-order valence-corrected chi connectivity index (χ0v) is 22.0. The Hall–Kier alpha value is -5.06. The van der Waals surface area contributed by atoms with Crippen molar-refractivity contribution in [3.63, 3.8) is 0 Å². The number of hydrogen-bond donors (Lipinski definition) is 0. The number of aromatic nitrogens is 3. The number of fused-ring (bicyclic) bond motifs is 12. The summed E-state index contributed by atoms with van der Waals surface area (Å²) in [6.07, 6.45) is 0. The third-order valence-corrected chi connectivity index (χ3v) is 9.61. The van der Waals surface area contributed by atoms with E-state index >= 15 is 0 Å². The fraction of sp³-hybridized carbons (Fsp3) is 0. The van der Waals surface area contributed by atoms with Crippen LogP contribution in [0.4, 0.5) is 0 Å². The van der Waals surface area contributed by atoms with E-state index in [0.717, 1.165) is 22.2 Å². The van der Waals surface area contributed by atoms with Gasteiger partial charge in [-0.25, -0.2) is 9.97 Å². The molecule has 40 heavy (non-hydrogen) atoms. The normalized spacial score (nSPS) is 12.5. The molecule has 0 N–H and O–H groups in total. The van der Waals surface area contributed by atoms with E-state index in [1.54, 1.807) is 0 Å². The number of para-hydroxylation sites is 2. The average Bonchev–Trinajstić information content (AvgIpc) is 3.65. The van der Waals surface area contributed by atoms with Crippen LogP contribution in [-0.2, 0) is 0 Å². The van der Waals surface area contributed by atoms with Gasteiger partial charge in [-0.2, -0.15) is 0 Å². The van der Waals surface area contributed by atoms with Crippen LogP contribution in [0.5, 0.6) is 0 Å². The number of thiophene rings is 1. The fourth-order valence-corrected chi connectivity index (χ4v) is 7.95. The van der Waals surface area contributed by atoms with Crippen molar-refractivity contribution < 1.29 is 0 Å². The van der Waals surface area contributed by atoms with Crippen LogP contribution in [0, 0.1) is 0 Å². The van der Waals surface area contributed by atoms with Crippen molar-refractivity contribution in [3.05, 3.63) is 115 Å². The Kier molecular flexibility index (Phi) is 3.81. The summed E-state index contributed by atoms with van der Waals surface area (Å²) in [5.74, 6) is 0. The summed E-state index contributed by atoms with van der Waals surface area (Å²) in [6, 6.07) is 41.5. The molecular weight excluding hydrogens is 506 g/mol.